The third-order valence-corrected chi connectivity index (χ3v) is 3.57. The first-order valence-electron chi connectivity index (χ1n) is 7.73. The normalized spacial score (nSPS) is 10.1. The Balaban J connectivity index is 2.23. The van der Waals surface area contributed by atoms with Crippen molar-refractivity contribution in [1.82, 2.24) is 4.98 Å². The van der Waals surface area contributed by atoms with Crippen molar-refractivity contribution in [3.63, 3.8) is 0 Å². The van der Waals surface area contributed by atoms with Crippen molar-refractivity contribution in [2.24, 2.45) is 0 Å². The van der Waals surface area contributed by atoms with Gasteiger partial charge in [0.25, 0.3) is 0 Å². The van der Waals surface area contributed by atoms with E-state index in [0.29, 0.717) is 10.6 Å². The molecule has 0 radical (unpaired) electrons. The number of nitrogen functional groups attached to an aromatic ring is 1. The fraction of sp³-hybridized carbons (Fsp3) is 0.188. The largest absolute Gasteiger partial charge is 0.450 e. The van der Waals surface area contributed by atoms with Crippen LogP contribution in [0.4, 0.5) is 27.8 Å². The molecule has 0 aliphatic carbocycles. The van der Waals surface area contributed by atoms with Crippen LogP contribution in [0.5, 0.6) is 0 Å². The Kier molecular flexibility index (Phi) is 6.50. The number of nitrogens with two attached hydrogens (primary N) is 1. The number of hydrogen-bond donors (Lipinski definition) is 3. The summed E-state index contributed by atoms with van der Waals surface area (Å²) < 4.78 is 4.72. The number of carbonyl (C=O) groups is 2. The van der Waals surface area contributed by atoms with Gasteiger partial charge < -0.3 is 15.8 Å². The highest BCUT2D eigenvalue weighted by molar-refractivity contribution is 6.30. The van der Waals surface area contributed by atoms with Crippen molar-refractivity contribution < 1.29 is 19.2 Å². The SMILES string of the molecule is CCOC(=O)Nc1cc(NCC(=O)c2ccc(Cl)cc2)c([N+](=O)[O-])c(N)n1. The zero-order valence-electron chi connectivity index (χ0n) is 14.2. The Labute approximate surface area is 158 Å². The predicted octanol–water partition coefficient (Wildman–Crippen LogP) is 3.09. The number of carbonyl (C=O) groups excluding carboxylic acids is 2. The van der Waals surface area contributed by atoms with Crippen LogP contribution in [0.2, 0.25) is 5.02 Å². The monoisotopic (exact) mass is 393 g/mol. The lowest BCUT2D eigenvalue weighted by Crippen LogP contribution is -2.18. The number of aromatic nitrogens is 1. The fourth-order valence-electron chi connectivity index (χ4n) is 2.13. The number of nitro groups is 1. The molecule has 4 N–H and O–H groups in total. The third kappa shape index (κ3) is 5.28. The molecule has 1 amide bonds. The standard InChI is InChI=1S/C16H16ClN5O5/c1-2-27-16(24)21-13-7-11(14(22(25)26)15(18)20-13)19-8-12(23)9-3-5-10(17)6-4-9/h3-7H,2,8H2,1H3,(H4,18,19,20,21,24). The van der Waals surface area contributed by atoms with Gasteiger partial charge in [0.05, 0.1) is 18.1 Å². The van der Waals surface area contributed by atoms with Gasteiger partial charge in [-0.25, -0.2) is 9.78 Å². The lowest BCUT2D eigenvalue weighted by atomic mass is 10.1. The molecule has 1 aromatic heterocycles. The highest BCUT2D eigenvalue weighted by Gasteiger charge is 2.22. The van der Waals surface area contributed by atoms with E-state index in [9.17, 15) is 19.7 Å². The smallest absolute Gasteiger partial charge is 0.412 e. The van der Waals surface area contributed by atoms with E-state index >= 15 is 0 Å². The highest BCUT2D eigenvalue weighted by atomic mass is 35.5. The summed E-state index contributed by atoms with van der Waals surface area (Å²) in [5.74, 6) is -0.801. The first kappa shape index (κ1) is 19.9. The average Bonchev–Trinajstić information content (AvgIpc) is 2.59. The highest BCUT2D eigenvalue weighted by Crippen LogP contribution is 2.32. The summed E-state index contributed by atoms with van der Waals surface area (Å²) in [5.41, 5.74) is 5.42. The molecule has 0 unspecified atom stereocenters. The fourth-order valence-corrected chi connectivity index (χ4v) is 2.26. The maximum Gasteiger partial charge on any atom is 0.412 e. The van der Waals surface area contributed by atoms with Gasteiger partial charge in [-0.2, -0.15) is 0 Å². The molecule has 142 valence electrons. The van der Waals surface area contributed by atoms with Crippen LogP contribution in [0.25, 0.3) is 0 Å². The molecule has 0 aliphatic rings. The van der Waals surface area contributed by atoms with Gasteiger partial charge in [-0.1, -0.05) is 11.6 Å². The summed E-state index contributed by atoms with van der Waals surface area (Å²) in [6.45, 7) is 1.51. The molecule has 0 aliphatic heterocycles. The minimum absolute atomic E-state index is 0.0574. The van der Waals surface area contributed by atoms with Gasteiger partial charge in [-0.3, -0.25) is 20.2 Å². The van der Waals surface area contributed by atoms with Gasteiger partial charge in [0, 0.05) is 16.7 Å². The lowest BCUT2D eigenvalue weighted by molar-refractivity contribution is -0.383. The van der Waals surface area contributed by atoms with Crippen LogP contribution in [-0.2, 0) is 4.74 Å². The van der Waals surface area contributed by atoms with Crippen LogP contribution in [0, 0.1) is 10.1 Å². The molecule has 0 spiro atoms. The van der Waals surface area contributed by atoms with Crippen molar-refractivity contribution in [3.05, 3.63) is 51.0 Å². The van der Waals surface area contributed by atoms with Crippen LogP contribution in [0.1, 0.15) is 17.3 Å². The van der Waals surface area contributed by atoms with Gasteiger partial charge >= 0.3 is 11.8 Å². The number of amides is 1. The Bertz CT molecular complexity index is 872. The summed E-state index contributed by atoms with van der Waals surface area (Å²) in [6, 6.07) is 7.39. The molecule has 1 aromatic carbocycles. The second kappa shape index (κ2) is 8.81. The van der Waals surface area contributed by atoms with Gasteiger partial charge in [0.2, 0.25) is 5.82 Å². The number of Topliss-reactive ketones (excluding diaryl/α,β-unsaturated/α-hetero) is 1. The number of hydrogen-bond acceptors (Lipinski definition) is 8. The molecule has 0 fully saturated rings. The van der Waals surface area contributed by atoms with E-state index in [0.717, 1.165) is 0 Å². The molecular formula is C16H16ClN5O5. The minimum Gasteiger partial charge on any atom is -0.450 e. The molecule has 11 heteroatoms. The molecule has 0 saturated carbocycles. The summed E-state index contributed by atoms with van der Waals surface area (Å²) in [6.07, 6.45) is -0.790. The Morgan fingerprint density at radius 2 is 2.00 bits per heavy atom. The number of halogens is 1. The molecule has 2 aromatic rings. The third-order valence-electron chi connectivity index (χ3n) is 3.31. The van der Waals surface area contributed by atoms with Gasteiger partial charge in [0.15, 0.2) is 5.78 Å². The van der Waals surface area contributed by atoms with Crippen LogP contribution in [-0.4, -0.2) is 34.9 Å². The van der Waals surface area contributed by atoms with Crippen molar-refractivity contribution in [2.45, 2.75) is 6.92 Å². The molecule has 0 bridgehead atoms. The van der Waals surface area contributed by atoms with Crippen LogP contribution >= 0.6 is 11.6 Å². The number of ketones is 1. The van der Waals surface area contributed by atoms with Crippen molar-refractivity contribution in [1.29, 1.82) is 0 Å². The van der Waals surface area contributed by atoms with E-state index in [2.05, 4.69) is 15.6 Å². The van der Waals surface area contributed by atoms with E-state index in [-0.39, 0.29) is 30.4 Å². The second-order valence-electron chi connectivity index (χ2n) is 5.18. The van der Waals surface area contributed by atoms with Crippen LogP contribution in [0.15, 0.2) is 30.3 Å². The molecule has 1 heterocycles. The Hall–Kier alpha value is -3.40. The van der Waals surface area contributed by atoms with E-state index in [1.165, 1.54) is 18.2 Å². The summed E-state index contributed by atoms with van der Waals surface area (Å²) >= 11 is 5.78. The summed E-state index contributed by atoms with van der Waals surface area (Å²) in [5, 5.41) is 16.7. The topological polar surface area (TPSA) is 149 Å². The number of nitrogens with zero attached hydrogens (tertiary/aromatic N) is 2. The number of nitrogens with one attached hydrogen (secondary N) is 2. The van der Waals surface area contributed by atoms with Gasteiger partial charge in [-0.05, 0) is 31.2 Å². The van der Waals surface area contributed by atoms with Crippen molar-refractivity contribution in [2.75, 3.05) is 29.5 Å². The first-order valence-corrected chi connectivity index (χ1v) is 8.11. The molecule has 10 nitrogen and oxygen atoms in total. The molecule has 2 rings (SSSR count). The van der Waals surface area contributed by atoms with Crippen LogP contribution in [0.3, 0.4) is 0 Å². The molecular weight excluding hydrogens is 378 g/mol. The van der Waals surface area contributed by atoms with E-state index in [4.69, 9.17) is 22.1 Å². The maximum atomic E-state index is 12.2. The Morgan fingerprint density at radius 3 is 2.59 bits per heavy atom. The lowest BCUT2D eigenvalue weighted by Gasteiger charge is -2.11. The van der Waals surface area contributed by atoms with E-state index < -0.39 is 22.5 Å². The van der Waals surface area contributed by atoms with E-state index in [1.807, 2.05) is 0 Å². The number of rotatable bonds is 7. The summed E-state index contributed by atoms with van der Waals surface area (Å²) in [4.78, 5) is 38.0. The van der Waals surface area contributed by atoms with E-state index in [1.54, 1.807) is 19.1 Å². The quantitative estimate of drug-likeness (QED) is 0.369. The zero-order valence-corrected chi connectivity index (χ0v) is 14.9. The van der Waals surface area contributed by atoms with Crippen molar-refractivity contribution in [3.8, 4) is 0 Å². The molecule has 0 atom stereocenters. The van der Waals surface area contributed by atoms with Crippen molar-refractivity contribution >= 4 is 46.5 Å². The van der Waals surface area contributed by atoms with Gasteiger partial charge in [0.1, 0.15) is 11.5 Å². The minimum atomic E-state index is -0.790. The Morgan fingerprint density at radius 1 is 1.33 bits per heavy atom. The number of pyridine rings is 1. The number of ether oxygens (including phenoxy) is 1. The number of benzene rings is 1. The van der Waals surface area contributed by atoms with Crippen LogP contribution < -0.4 is 16.4 Å². The zero-order chi connectivity index (χ0) is 20.0. The predicted molar refractivity (Wildman–Crippen MR) is 100 cm³/mol. The first-order chi connectivity index (χ1) is 12.8. The second-order valence-corrected chi connectivity index (χ2v) is 5.61. The molecule has 0 saturated heterocycles. The summed E-state index contributed by atoms with van der Waals surface area (Å²) in [7, 11) is 0. The number of anilines is 3. The molecule has 27 heavy (non-hydrogen) atoms. The average molecular weight is 394 g/mol. The van der Waals surface area contributed by atoms with Gasteiger partial charge in [-0.15, -0.1) is 0 Å². The maximum absolute atomic E-state index is 12.2.